The van der Waals surface area contributed by atoms with Crippen LogP contribution in [0.4, 0.5) is 0 Å². The minimum Gasteiger partial charge on any atom is -0.484 e. The maximum Gasteiger partial charge on any atom is 0.246 e. The van der Waals surface area contributed by atoms with Gasteiger partial charge in [0.25, 0.3) is 0 Å². The van der Waals surface area contributed by atoms with Gasteiger partial charge in [0.05, 0.1) is 4.90 Å². The van der Waals surface area contributed by atoms with E-state index in [-0.39, 0.29) is 22.9 Å². The molecule has 2 fully saturated rings. The van der Waals surface area contributed by atoms with E-state index in [4.69, 9.17) is 9.88 Å². The molecule has 1 saturated heterocycles. The lowest BCUT2D eigenvalue weighted by molar-refractivity contribution is -0.130. The molecule has 1 unspecified atom stereocenters. The lowest BCUT2D eigenvalue weighted by atomic mass is 10.0. The van der Waals surface area contributed by atoms with Crippen molar-refractivity contribution in [3.8, 4) is 5.75 Å². The molecule has 0 aromatic heterocycles. The van der Waals surface area contributed by atoms with Crippen LogP contribution in [0.1, 0.15) is 42.9 Å². The molecule has 176 valence electrons. The molecule has 8 heteroatoms. The van der Waals surface area contributed by atoms with Crippen molar-refractivity contribution in [3.05, 3.63) is 72.3 Å². The van der Waals surface area contributed by atoms with E-state index in [1.165, 1.54) is 36.6 Å². The van der Waals surface area contributed by atoms with Crippen molar-refractivity contribution in [2.45, 2.75) is 42.7 Å². The lowest BCUT2D eigenvalue weighted by Gasteiger charge is -2.40. The summed E-state index contributed by atoms with van der Waals surface area (Å²) in [6, 6.07) is 14.9. The molecule has 1 amide bonds. The summed E-state index contributed by atoms with van der Waals surface area (Å²) < 4.78 is 29.5. The molecular weight excluding hydrogens is 438 g/mol. The van der Waals surface area contributed by atoms with Crippen LogP contribution in [-0.2, 0) is 14.8 Å². The summed E-state index contributed by atoms with van der Waals surface area (Å²) in [7, 11) is -3.75. The topological polar surface area (TPSA) is 92.9 Å². The van der Waals surface area contributed by atoms with Crippen molar-refractivity contribution in [2.24, 2.45) is 5.14 Å². The Hall–Kier alpha value is -2.68. The van der Waals surface area contributed by atoms with Crippen molar-refractivity contribution in [1.82, 2.24) is 9.80 Å². The summed E-state index contributed by atoms with van der Waals surface area (Å²) in [6.45, 7) is 8.42. The number of carbonyl (C=O) groups is 1. The van der Waals surface area contributed by atoms with Crippen molar-refractivity contribution in [2.75, 3.05) is 26.2 Å². The van der Waals surface area contributed by atoms with E-state index in [0.717, 1.165) is 18.7 Å². The number of nitrogens with two attached hydrogens (primary N) is 1. The van der Waals surface area contributed by atoms with Crippen LogP contribution < -0.4 is 9.88 Å². The third kappa shape index (κ3) is 5.82. The Kier molecular flexibility index (Phi) is 6.88. The van der Waals surface area contributed by atoms with Gasteiger partial charge in [0.2, 0.25) is 15.9 Å². The molecule has 1 aliphatic heterocycles. The SMILES string of the molecule is C=CC(=O)N1CCN(CC(Oc2ccc(S(N)(=O)=O)cc2)c2ccc(C3CC3)cc2)C[C@H]1C. The van der Waals surface area contributed by atoms with Crippen molar-refractivity contribution in [1.29, 1.82) is 0 Å². The average molecular weight is 470 g/mol. The molecular formula is C25H31N3O4S. The fourth-order valence-corrected chi connectivity index (χ4v) is 4.88. The van der Waals surface area contributed by atoms with E-state index in [1.807, 2.05) is 11.8 Å². The lowest BCUT2D eigenvalue weighted by Crippen LogP contribution is -2.54. The van der Waals surface area contributed by atoms with Crippen LogP contribution in [0.3, 0.4) is 0 Å². The number of primary sulfonamides is 1. The highest BCUT2D eigenvalue weighted by molar-refractivity contribution is 7.89. The van der Waals surface area contributed by atoms with Gasteiger partial charge in [-0.2, -0.15) is 0 Å². The minimum absolute atomic E-state index is 0.0411. The molecule has 7 nitrogen and oxygen atoms in total. The first-order valence-electron chi connectivity index (χ1n) is 11.3. The van der Waals surface area contributed by atoms with E-state index in [1.54, 1.807) is 12.1 Å². The second kappa shape index (κ2) is 9.67. The summed E-state index contributed by atoms with van der Waals surface area (Å²) in [5, 5.41) is 5.21. The highest BCUT2D eigenvalue weighted by Gasteiger charge is 2.29. The fourth-order valence-electron chi connectivity index (χ4n) is 4.36. The molecule has 0 radical (unpaired) electrons. The molecule has 2 N–H and O–H groups in total. The van der Waals surface area contributed by atoms with Crippen molar-refractivity contribution < 1.29 is 17.9 Å². The largest absolute Gasteiger partial charge is 0.484 e. The van der Waals surface area contributed by atoms with E-state index in [9.17, 15) is 13.2 Å². The van der Waals surface area contributed by atoms with Gasteiger partial charge < -0.3 is 9.64 Å². The van der Waals surface area contributed by atoms with Crippen LogP contribution in [0.5, 0.6) is 5.75 Å². The summed E-state index contributed by atoms with van der Waals surface area (Å²) >= 11 is 0. The molecule has 2 aromatic rings. The molecule has 4 rings (SSSR count). The van der Waals surface area contributed by atoms with E-state index >= 15 is 0 Å². The molecule has 33 heavy (non-hydrogen) atoms. The zero-order valence-corrected chi connectivity index (χ0v) is 19.7. The number of rotatable bonds is 8. The first-order valence-corrected chi connectivity index (χ1v) is 12.8. The minimum atomic E-state index is -3.75. The molecule has 0 bridgehead atoms. The van der Waals surface area contributed by atoms with E-state index < -0.39 is 10.0 Å². The molecule has 1 saturated carbocycles. The normalized spacial score (nSPS) is 20.3. The monoisotopic (exact) mass is 469 g/mol. The first-order chi connectivity index (χ1) is 15.7. The number of amides is 1. The summed E-state index contributed by atoms with van der Waals surface area (Å²) in [6.07, 6.45) is 3.63. The first kappa shape index (κ1) is 23.5. The number of carbonyl (C=O) groups excluding carboxylic acids is 1. The van der Waals surface area contributed by atoms with Gasteiger partial charge in [0, 0.05) is 32.2 Å². The Labute approximate surface area is 195 Å². The Morgan fingerprint density at radius 1 is 1.15 bits per heavy atom. The Morgan fingerprint density at radius 2 is 1.82 bits per heavy atom. The third-order valence-electron chi connectivity index (χ3n) is 6.38. The molecule has 0 spiro atoms. The van der Waals surface area contributed by atoms with Crippen LogP contribution in [0, 0.1) is 0 Å². The highest BCUT2D eigenvalue weighted by Crippen LogP contribution is 2.40. The van der Waals surface area contributed by atoms with Gasteiger partial charge in [0.1, 0.15) is 11.9 Å². The van der Waals surface area contributed by atoms with Gasteiger partial charge in [-0.1, -0.05) is 30.8 Å². The van der Waals surface area contributed by atoms with Crippen molar-refractivity contribution >= 4 is 15.9 Å². The summed E-state index contributed by atoms with van der Waals surface area (Å²) in [5.41, 5.74) is 2.42. The highest BCUT2D eigenvalue weighted by atomic mass is 32.2. The molecule has 2 aromatic carbocycles. The Bertz CT molecular complexity index is 1100. The molecule has 2 atom stereocenters. The van der Waals surface area contributed by atoms with Gasteiger partial charge in [-0.3, -0.25) is 9.69 Å². The van der Waals surface area contributed by atoms with Crippen LogP contribution in [-0.4, -0.2) is 56.3 Å². The van der Waals surface area contributed by atoms with Gasteiger partial charge in [-0.15, -0.1) is 0 Å². The number of piperazine rings is 1. The standard InChI is InChI=1S/C25H31N3O4S/c1-3-25(29)28-15-14-27(16-18(28)2)17-24(21-8-6-20(7-9-21)19-4-5-19)32-22-10-12-23(13-11-22)33(26,30)31/h3,6-13,18-19,24H,1,4-5,14-17H2,2H3,(H2,26,30,31)/t18-,24?/m1/s1. The Morgan fingerprint density at radius 3 is 2.36 bits per heavy atom. The van der Waals surface area contributed by atoms with Gasteiger partial charge in [-0.25, -0.2) is 13.6 Å². The Balaban J connectivity index is 1.51. The second-order valence-corrected chi connectivity index (χ2v) is 10.5. The van der Waals surface area contributed by atoms with Gasteiger partial charge >= 0.3 is 0 Å². The number of nitrogens with zero attached hydrogens (tertiary/aromatic N) is 2. The van der Waals surface area contributed by atoms with Crippen LogP contribution in [0.2, 0.25) is 0 Å². The summed E-state index contributed by atoms with van der Waals surface area (Å²) in [4.78, 5) is 16.3. The predicted molar refractivity (Wildman–Crippen MR) is 127 cm³/mol. The number of hydrogen-bond acceptors (Lipinski definition) is 5. The summed E-state index contributed by atoms with van der Waals surface area (Å²) in [5.74, 6) is 1.22. The smallest absolute Gasteiger partial charge is 0.246 e. The second-order valence-electron chi connectivity index (χ2n) is 8.91. The van der Waals surface area contributed by atoms with Gasteiger partial charge in [0.15, 0.2) is 0 Å². The molecule has 1 aliphatic carbocycles. The maximum atomic E-state index is 12.1. The quantitative estimate of drug-likeness (QED) is 0.600. The van der Waals surface area contributed by atoms with Crippen LogP contribution in [0.25, 0.3) is 0 Å². The van der Waals surface area contributed by atoms with Crippen LogP contribution in [0.15, 0.2) is 66.1 Å². The fraction of sp³-hybridized carbons (Fsp3) is 0.400. The maximum absolute atomic E-state index is 12.1. The van der Waals surface area contributed by atoms with Crippen molar-refractivity contribution in [3.63, 3.8) is 0 Å². The predicted octanol–water partition coefficient (Wildman–Crippen LogP) is 3.05. The average Bonchev–Trinajstić information content (AvgIpc) is 3.64. The zero-order chi connectivity index (χ0) is 23.6. The number of ether oxygens (including phenoxy) is 1. The van der Waals surface area contributed by atoms with Gasteiger partial charge in [-0.05, 0) is 67.2 Å². The third-order valence-corrected chi connectivity index (χ3v) is 7.31. The number of sulfonamides is 1. The van der Waals surface area contributed by atoms with E-state index in [0.29, 0.717) is 24.8 Å². The van der Waals surface area contributed by atoms with Crippen LogP contribution >= 0.6 is 0 Å². The molecule has 2 aliphatic rings. The number of benzene rings is 2. The zero-order valence-electron chi connectivity index (χ0n) is 18.9. The van der Waals surface area contributed by atoms with E-state index in [2.05, 4.69) is 35.7 Å². The number of hydrogen-bond donors (Lipinski definition) is 1. The molecule has 1 heterocycles.